The first-order valence-electron chi connectivity index (χ1n) is 6.14. The molecule has 0 aromatic heterocycles. The second-order valence-corrected chi connectivity index (χ2v) is 5.24. The lowest BCUT2D eigenvalue weighted by atomic mass is 10.2. The van der Waals surface area contributed by atoms with Crippen molar-refractivity contribution in [1.82, 2.24) is 4.90 Å². The van der Waals surface area contributed by atoms with Gasteiger partial charge in [-0.3, -0.25) is 0 Å². The Bertz CT molecular complexity index is 393. The van der Waals surface area contributed by atoms with Gasteiger partial charge in [0.1, 0.15) is 5.60 Å². The molecule has 0 spiro atoms. The van der Waals surface area contributed by atoms with Crippen LogP contribution in [0.15, 0.2) is 24.3 Å². The van der Waals surface area contributed by atoms with Crippen molar-refractivity contribution in [2.75, 3.05) is 12.3 Å². The van der Waals surface area contributed by atoms with Gasteiger partial charge in [0.05, 0.1) is 0 Å². The molecule has 4 heteroatoms. The Kier molecular flexibility index (Phi) is 4.59. The van der Waals surface area contributed by atoms with Crippen LogP contribution in [-0.2, 0) is 11.3 Å². The third-order valence-electron chi connectivity index (χ3n) is 2.39. The zero-order valence-corrected chi connectivity index (χ0v) is 11.6. The number of amides is 1. The minimum absolute atomic E-state index is 0.290. The van der Waals surface area contributed by atoms with Crippen LogP contribution in [-0.4, -0.2) is 23.1 Å². The van der Waals surface area contributed by atoms with Crippen LogP contribution in [0.3, 0.4) is 0 Å². The second kappa shape index (κ2) is 5.76. The maximum atomic E-state index is 11.9. The van der Waals surface area contributed by atoms with E-state index >= 15 is 0 Å². The number of rotatable bonds is 3. The molecule has 0 heterocycles. The van der Waals surface area contributed by atoms with Gasteiger partial charge in [-0.1, -0.05) is 12.1 Å². The number of carbonyl (C=O) groups is 1. The maximum Gasteiger partial charge on any atom is 0.410 e. The molecule has 1 aromatic carbocycles. The smallest absolute Gasteiger partial charge is 0.410 e. The van der Waals surface area contributed by atoms with Gasteiger partial charge in [-0.15, -0.1) is 0 Å². The van der Waals surface area contributed by atoms with Crippen LogP contribution >= 0.6 is 0 Å². The van der Waals surface area contributed by atoms with Gasteiger partial charge in [-0.05, 0) is 45.4 Å². The predicted octanol–water partition coefficient (Wildman–Crippen LogP) is 3.03. The van der Waals surface area contributed by atoms with Crippen molar-refractivity contribution in [1.29, 1.82) is 0 Å². The SMILES string of the molecule is CCN(Cc1ccc(N)cc1)C(=O)OC(C)(C)C. The Balaban J connectivity index is 2.67. The lowest BCUT2D eigenvalue weighted by Crippen LogP contribution is -2.36. The van der Waals surface area contributed by atoms with E-state index in [0.29, 0.717) is 13.1 Å². The zero-order valence-electron chi connectivity index (χ0n) is 11.6. The lowest BCUT2D eigenvalue weighted by Gasteiger charge is -2.26. The number of ether oxygens (including phenoxy) is 1. The summed E-state index contributed by atoms with van der Waals surface area (Å²) in [6.07, 6.45) is -0.290. The fraction of sp³-hybridized carbons (Fsp3) is 0.500. The zero-order chi connectivity index (χ0) is 13.8. The number of nitrogen functional groups attached to an aromatic ring is 1. The number of nitrogens with zero attached hydrogens (tertiary/aromatic N) is 1. The van der Waals surface area contributed by atoms with Crippen molar-refractivity contribution in [2.45, 2.75) is 39.8 Å². The van der Waals surface area contributed by atoms with E-state index in [1.165, 1.54) is 0 Å². The van der Waals surface area contributed by atoms with Crippen molar-refractivity contribution >= 4 is 11.8 Å². The second-order valence-electron chi connectivity index (χ2n) is 5.24. The molecular formula is C14H22N2O2. The Morgan fingerprint density at radius 2 is 1.83 bits per heavy atom. The van der Waals surface area contributed by atoms with Crippen molar-refractivity contribution < 1.29 is 9.53 Å². The fourth-order valence-electron chi connectivity index (χ4n) is 1.48. The largest absolute Gasteiger partial charge is 0.444 e. The molecule has 0 atom stereocenters. The maximum absolute atomic E-state index is 11.9. The first-order valence-corrected chi connectivity index (χ1v) is 6.14. The number of hydrogen-bond donors (Lipinski definition) is 1. The third-order valence-corrected chi connectivity index (χ3v) is 2.39. The number of carbonyl (C=O) groups excluding carboxylic acids is 1. The molecule has 0 fully saturated rings. The minimum Gasteiger partial charge on any atom is -0.444 e. The van der Waals surface area contributed by atoms with E-state index in [-0.39, 0.29) is 6.09 Å². The molecular weight excluding hydrogens is 228 g/mol. The van der Waals surface area contributed by atoms with Gasteiger partial charge in [0.2, 0.25) is 0 Å². The van der Waals surface area contributed by atoms with Crippen molar-refractivity contribution in [3.63, 3.8) is 0 Å². The molecule has 1 amide bonds. The normalized spacial score (nSPS) is 11.1. The highest BCUT2D eigenvalue weighted by Crippen LogP contribution is 2.13. The van der Waals surface area contributed by atoms with Crippen LogP contribution in [0.1, 0.15) is 33.3 Å². The Morgan fingerprint density at radius 3 is 2.28 bits per heavy atom. The Labute approximate surface area is 109 Å². The van der Waals surface area contributed by atoms with Crippen LogP contribution in [0.5, 0.6) is 0 Å². The van der Waals surface area contributed by atoms with E-state index in [0.717, 1.165) is 11.3 Å². The van der Waals surface area contributed by atoms with E-state index in [1.54, 1.807) is 4.90 Å². The average molecular weight is 250 g/mol. The lowest BCUT2D eigenvalue weighted by molar-refractivity contribution is 0.0244. The molecule has 1 rings (SSSR count). The van der Waals surface area contributed by atoms with E-state index in [4.69, 9.17) is 10.5 Å². The summed E-state index contributed by atoms with van der Waals surface area (Å²) in [6, 6.07) is 7.50. The molecule has 0 aliphatic heterocycles. The highest BCUT2D eigenvalue weighted by Gasteiger charge is 2.20. The van der Waals surface area contributed by atoms with Crippen LogP contribution in [0.4, 0.5) is 10.5 Å². The van der Waals surface area contributed by atoms with Crippen molar-refractivity contribution in [3.05, 3.63) is 29.8 Å². The highest BCUT2D eigenvalue weighted by molar-refractivity contribution is 5.68. The molecule has 1 aromatic rings. The number of nitrogens with two attached hydrogens (primary N) is 1. The molecule has 4 nitrogen and oxygen atoms in total. The molecule has 0 saturated carbocycles. The van der Waals surface area contributed by atoms with E-state index in [2.05, 4.69) is 0 Å². The van der Waals surface area contributed by atoms with E-state index in [9.17, 15) is 4.79 Å². The van der Waals surface area contributed by atoms with Gasteiger partial charge in [-0.25, -0.2) is 4.79 Å². The average Bonchev–Trinajstić information content (AvgIpc) is 2.25. The quantitative estimate of drug-likeness (QED) is 0.839. The van der Waals surface area contributed by atoms with E-state index in [1.807, 2.05) is 52.0 Å². The molecule has 0 aliphatic carbocycles. The summed E-state index contributed by atoms with van der Waals surface area (Å²) in [6.45, 7) is 8.66. The number of hydrogen-bond acceptors (Lipinski definition) is 3. The van der Waals surface area contributed by atoms with Gasteiger partial charge < -0.3 is 15.4 Å². The molecule has 0 unspecified atom stereocenters. The summed E-state index contributed by atoms with van der Waals surface area (Å²) < 4.78 is 5.35. The molecule has 0 radical (unpaired) electrons. The molecule has 100 valence electrons. The summed E-state index contributed by atoms with van der Waals surface area (Å²) in [5.74, 6) is 0. The Morgan fingerprint density at radius 1 is 1.28 bits per heavy atom. The van der Waals surface area contributed by atoms with Gasteiger partial charge >= 0.3 is 6.09 Å². The van der Waals surface area contributed by atoms with Crippen LogP contribution in [0.25, 0.3) is 0 Å². The van der Waals surface area contributed by atoms with Crippen molar-refractivity contribution in [2.24, 2.45) is 0 Å². The van der Waals surface area contributed by atoms with Gasteiger partial charge in [0, 0.05) is 18.8 Å². The first-order chi connectivity index (χ1) is 8.31. The number of anilines is 1. The first kappa shape index (κ1) is 14.4. The van der Waals surface area contributed by atoms with Crippen LogP contribution < -0.4 is 5.73 Å². The van der Waals surface area contributed by atoms with Crippen LogP contribution in [0.2, 0.25) is 0 Å². The molecule has 2 N–H and O–H groups in total. The topological polar surface area (TPSA) is 55.6 Å². The monoisotopic (exact) mass is 250 g/mol. The van der Waals surface area contributed by atoms with Crippen molar-refractivity contribution in [3.8, 4) is 0 Å². The third kappa shape index (κ3) is 4.65. The van der Waals surface area contributed by atoms with Gasteiger partial charge in [-0.2, -0.15) is 0 Å². The molecule has 0 bridgehead atoms. The predicted molar refractivity (Wildman–Crippen MR) is 73.2 cm³/mol. The Hall–Kier alpha value is -1.71. The summed E-state index contributed by atoms with van der Waals surface area (Å²) in [5, 5.41) is 0. The summed E-state index contributed by atoms with van der Waals surface area (Å²) >= 11 is 0. The standard InChI is InChI=1S/C14H22N2O2/c1-5-16(13(17)18-14(2,3)4)10-11-6-8-12(15)9-7-11/h6-9H,5,10,15H2,1-4H3. The van der Waals surface area contributed by atoms with Crippen LogP contribution in [0, 0.1) is 0 Å². The van der Waals surface area contributed by atoms with Gasteiger partial charge in [0.25, 0.3) is 0 Å². The fourth-order valence-corrected chi connectivity index (χ4v) is 1.48. The summed E-state index contributed by atoms with van der Waals surface area (Å²) in [5.41, 5.74) is 6.92. The van der Waals surface area contributed by atoms with Gasteiger partial charge in [0.15, 0.2) is 0 Å². The summed E-state index contributed by atoms with van der Waals surface area (Å²) in [4.78, 5) is 13.6. The number of benzene rings is 1. The molecule has 18 heavy (non-hydrogen) atoms. The molecule has 0 aliphatic rings. The minimum atomic E-state index is -0.467. The van der Waals surface area contributed by atoms with E-state index < -0.39 is 5.60 Å². The molecule has 0 saturated heterocycles. The highest BCUT2D eigenvalue weighted by atomic mass is 16.6. The summed E-state index contributed by atoms with van der Waals surface area (Å²) in [7, 11) is 0.